The van der Waals surface area contributed by atoms with E-state index >= 15 is 0 Å². The van der Waals surface area contributed by atoms with Crippen LogP contribution in [0.4, 0.5) is 4.39 Å². The van der Waals surface area contributed by atoms with E-state index in [1.807, 2.05) is 22.9 Å². The molecular weight excluding hydrogens is 451 g/mol. The third kappa shape index (κ3) is 5.27. The van der Waals surface area contributed by atoms with Crippen LogP contribution in [0.15, 0.2) is 78.9 Å². The number of tetrazole rings is 1. The van der Waals surface area contributed by atoms with Crippen LogP contribution in [-0.4, -0.2) is 62.7 Å². The summed E-state index contributed by atoms with van der Waals surface area (Å²) >= 11 is 0. The highest BCUT2D eigenvalue weighted by atomic mass is 19.1. The molecule has 0 bridgehead atoms. The number of halogens is 1. The van der Waals surface area contributed by atoms with Gasteiger partial charge in [-0.25, -0.2) is 4.39 Å². The van der Waals surface area contributed by atoms with Crippen LogP contribution in [0.25, 0.3) is 11.8 Å². The van der Waals surface area contributed by atoms with E-state index in [-0.39, 0.29) is 11.9 Å². The summed E-state index contributed by atoms with van der Waals surface area (Å²) in [5, 5.41) is 12.9. The van der Waals surface area contributed by atoms with Crippen LogP contribution in [0, 0.1) is 19.7 Å². The van der Waals surface area contributed by atoms with E-state index in [2.05, 4.69) is 87.7 Å². The third-order valence-electron chi connectivity index (χ3n) is 6.80. The minimum absolute atomic E-state index is 0.253. The molecule has 1 aromatic heterocycles. The van der Waals surface area contributed by atoms with Gasteiger partial charge in [-0.3, -0.25) is 9.80 Å². The Morgan fingerprint density at radius 3 is 2.33 bits per heavy atom. The van der Waals surface area contributed by atoms with Crippen LogP contribution < -0.4 is 0 Å². The maximum Gasteiger partial charge on any atom is 0.178 e. The van der Waals surface area contributed by atoms with Crippen LogP contribution in [-0.2, 0) is 0 Å². The number of hydrogen-bond donors (Lipinski definition) is 0. The standard InChI is InChI=1S/C29H31FN6/c1-22-9-6-10-23(2)27(22)36-29(31-32-33-36)28(25-14-7-15-26(30)21-25)35-19-17-34(18-20-35)16-8-13-24-11-4-3-5-12-24/h3-15,21,28H,16-20H2,1-2H3/b13-8+. The highest BCUT2D eigenvalue weighted by Gasteiger charge is 2.31. The van der Waals surface area contributed by atoms with E-state index in [1.54, 1.807) is 12.1 Å². The first-order valence-electron chi connectivity index (χ1n) is 12.4. The number of para-hydroxylation sites is 1. The molecule has 5 rings (SSSR count). The predicted molar refractivity (Wildman–Crippen MR) is 140 cm³/mol. The molecule has 6 nitrogen and oxygen atoms in total. The Morgan fingerprint density at radius 2 is 1.61 bits per heavy atom. The summed E-state index contributed by atoms with van der Waals surface area (Å²) in [6.45, 7) is 8.51. The quantitative estimate of drug-likeness (QED) is 0.377. The zero-order valence-corrected chi connectivity index (χ0v) is 20.8. The van der Waals surface area contributed by atoms with E-state index < -0.39 is 0 Å². The van der Waals surface area contributed by atoms with Crippen LogP contribution in [0.2, 0.25) is 0 Å². The van der Waals surface area contributed by atoms with Crippen LogP contribution in [0.5, 0.6) is 0 Å². The van der Waals surface area contributed by atoms with Gasteiger partial charge >= 0.3 is 0 Å². The second-order valence-corrected chi connectivity index (χ2v) is 9.30. The summed E-state index contributed by atoms with van der Waals surface area (Å²) in [6, 6.07) is 23.1. The van der Waals surface area contributed by atoms with Gasteiger partial charge in [0.05, 0.1) is 11.7 Å². The molecule has 0 spiro atoms. The van der Waals surface area contributed by atoms with E-state index in [9.17, 15) is 4.39 Å². The fraction of sp³-hybridized carbons (Fsp3) is 0.276. The van der Waals surface area contributed by atoms with Gasteiger partial charge in [-0.15, -0.1) is 5.10 Å². The highest BCUT2D eigenvalue weighted by molar-refractivity contribution is 5.49. The molecule has 1 fully saturated rings. The summed E-state index contributed by atoms with van der Waals surface area (Å²) in [5.41, 5.74) is 5.23. The second kappa shape index (κ2) is 10.9. The third-order valence-corrected chi connectivity index (χ3v) is 6.80. The average molecular weight is 483 g/mol. The lowest BCUT2D eigenvalue weighted by Crippen LogP contribution is -2.48. The number of benzene rings is 3. The number of hydrogen-bond acceptors (Lipinski definition) is 5. The summed E-state index contributed by atoms with van der Waals surface area (Å²) < 4.78 is 16.2. The van der Waals surface area contributed by atoms with Gasteiger partial charge in [0.2, 0.25) is 0 Å². The molecule has 3 aromatic carbocycles. The average Bonchev–Trinajstić information content (AvgIpc) is 3.34. The molecule has 7 heteroatoms. The predicted octanol–water partition coefficient (Wildman–Crippen LogP) is 4.84. The summed E-state index contributed by atoms with van der Waals surface area (Å²) in [6.07, 6.45) is 4.39. The normalized spacial score (nSPS) is 16.0. The molecule has 36 heavy (non-hydrogen) atoms. The molecule has 0 saturated carbocycles. The lowest BCUT2D eigenvalue weighted by atomic mass is 10.0. The van der Waals surface area contributed by atoms with Crippen molar-refractivity contribution in [3.05, 3.63) is 113 Å². The largest absolute Gasteiger partial charge is 0.297 e. The molecule has 4 aromatic rings. The molecule has 184 valence electrons. The van der Waals surface area contributed by atoms with Gasteiger partial charge in [0.1, 0.15) is 5.82 Å². The van der Waals surface area contributed by atoms with Crippen molar-refractivity contribution in [2.45, 2.75) is 19.9 Å². The smallest absolute Gasteiger partial charge is 0.178 e. The lowest BCUT2D eigenvalue weighted by Gasteiger charge is -2.38. The topological polar surface area (TPSA) is 50.1 Å². The molecule has 2 heterocycles. The number of aryl methyl sites for hydroxylation is 2. The Kier molecular flexibility index (Phi) is 7.30. The van der Waals surface area contributed by atoms with Crippen molar-refractivity contribution in [2.75, 3.05) is 32.7 Å². The Balaban J connectivity index is 1.39. The minimum Gasteiger partial charge on any atom is -0.297 e. The monoisotopic (exact) mass is 482 g/mol. The maximum atomic E-state index is 14.3. The van der Waals surface area contributed by atoms with Gasteiger partial charge in [0.25, 0.3) is 0 Å². The molecular formula is C29H31FN6. The summed E-state index contributed by atoms with van der Waals surface area (Å²) in [7, 11) is 0. The first-order valence-corrected chi connectivity index (χ1v) is 12.4. The second-order valence-electron chi connectivity index (χ2n) is 9.30. The van der Waals surface area contributed by atoms with Crippen molar-refractivity contribution in [3.63, 3.8) is 0 Å². The number of aromatic nitrogens is 4. The van der Waals surface area contributed by atoms with Crippen LogP contribution >= 0.6 is 0 Å². The number of nitrogens with zero attached hydrogens (tertiary/aromatic N) is 6. The first kappa shape index (κ1) is 24.0. The fourth-order valence-corrected chi connectivity index (χ4v) is 4.97. The van der Waals surface area contributed by atoms with Gasteiger partial charge in [0.15, 0.2) is 5.82 Å². The van der Waals surface area contributed by atoms with E-state index in [1.165, 1.54) is 11.6 Å². The van der Waals surface area contributed by atoms with Crippen LogP contribution in [0.1, 0.15) is 34.1 Å². The Bertz CT molecular complexity index is 1300. The van der Waals surface area contributed by atoms with Gasteiger partial charge in [-0.2, -0.15) is 4.68 Å². The van der Waals surface area contributed by atoms with E-state index in [4.69, 9.17) is 0 Å². The van der Waals surface area contributed by atoms with Crippen molar-refractivity contribution in [2.24, 2.45) is 0 Å². The van der Waals surface area contributed by atoms with Crippen molar-refractivity contribution in [1.82, 2.24) is 30.0 Å². The molecule has 1 saturated heterocycles. The van der Waals surface area contributed by atoms with Crippen molar-refractivity contribution in [1.29, 1.82) is 0 Å². The van der Waals surface area contributed by atoms with Gasteiger partial charge in [-0.05, 0) is 58.7 Å². The molecule has 1 aliphatic rings. The van der Waals surface area contributed by atoms with Crippen molar-refractivity contribution >= 4 is 6.08 Å². The number of rotatable bonds is 7. The molecule has 0 amide bonds. The minimum atomic E-state index is -0.256. The van der Waals surface area contributed by atoms with Crippen LogP contribution in [0.3, 0.4) is 0 Å². The molecule has 0 radical (unpaired) electrons. The summed E-state index contributed by atoms with van der Waals surface area (Å²) in [5.74, 6) is 0.448. The van der Waals surface area contributed by atoms with Gasteiger partial charge < -0.3 is 0 Å². The molecule has 1 atom stereocenters. The molecule has 0 N–H and O–H groups in total. The SMILES string of the molecule is Cc1cccc(C)c1-n1nnnc1C(c1cccc(F)c1)N1CCN(C/C=C/c2ccccc2)CC1. The molecule has 0 aliphatic carbocycles. The lowest BCUT2D eigenvalue weighted by molar-refractivity contribution is 0.113. The van der Waals surface area contributed by atoms with E-state index in [0.29, 0.717) is 5.82 Å². The zero-order valence-electron chi connectivity index (χ0n) is 20.8. The Morgan fingerprint density at radius 1 is 0.889 bits per heavy atom. The van der Waals surface area contributed by atoms with E-state index in [0.717, 1.165) is 55.1 Å². The maximum absolute atomic E-state index is 14.3. The number of piperazine rings is 1. The van der Waals surface area contributed by atoms with Crippen molar-refractivity contribution in [3.8, 4) is 5.69 Å². The Labute approximate surface area is 211 Å². The summed E-state index contributed by atoms with van der Waals surface area (Å²) in [4.78, 5) is 4.80. The zero-order chi connectivity index (χ0) is 24.9. The fourth-order valence-electron chi connectivity index (χ4n) is 4.97. The Hall–Kier alpha value is -3.68. The van der Waals surface area contributed by atoms with Gasteiger partial charge in [0, 0.05) is 32.7 Å². The van der Waals surface area contributed by atoms with Gasteiger partial charge in [-0.1, -0.05) is 72.8 Å². The highest BCUT2D eigenvalue weighted by Crippen LogP contribution is 2.31. The van der Waals surface area contributed by atoms with Crippen molar-refractivity contribution < 1.29 is 4.39 Å². The molecule has 1 unspecified atom stereocenters. The molecule has 1 aliphatic heterocycles. The first-order chi connectivity index (χ1) is 17.6.